The third-order valence-electron chi connectivity index (χ3n) is 4.81. The largest absolute Gasteiger partial charge is 0.395 e. The number of rotatable bonds is 5. The van der Waals surface area contributed by atoms with Gasteiger partial charge in [0, 0.05) is 19.1 Å². The zero-order chi connectivity index (χ0) is 14.7. The van der Waals surface area contributed by atoms with Crippen molar-refractivity contribution in [3.8, 4) is 0 Å². The molecule has 116 valence electrons. The van der Waals surface area contributed by atoms with Crippen LogP contribution in [0.4, 0.5) is 0 Å². The molecule has 0 aromatic carbocycles. The summed E-state index contributed by atoms with van der Waals surface area (Å²) in [6.07, 6.45) is 2.37. The number of amides is 1. The molecule has 20 heavy (non-hydrogen) atoms. The second-order valence-corrected chi connectivity index (χ2v) is 6.23. The SMILES string of the molecule is CC1OC(C)C(C(=O)N(CCO)CC2CCCN2)C1C. The van der Waals surface area contributed by atoms with Crippen molar-refractivity contribution in [1.29, 1.82) is 0 Å². The summed E-state index contributed by atoms with van der Waals surface area (Å²) >= 11 is 0. The quantitative estimate of drug-likeness (QED) is 0.777. The maximum absolute atomic E-state index is 12.8. The second kappa shape index (κ2) is 6.87. The van der Waals surface area contributed by atoms with Crippen LogP contribution in [0.2, 0.25) is 0 Å². The fourth-order valence-corrected chi connectivity index (χ4v) is 3.49. The maximum atomic E-state index is 12.8. The van der Waals surface area contributed by atoms with Crippen molar-refractivity contribution >= 4 is 5.91 Å². The van der Waals surface area contributed by atoms with Crippen LogP contribution in [0.1, 0.15) is 33.6 Å². The van der Waals surface area contributed by atoms with Gasteiger partial charge >= 0.3 is 0 Å². The van der Waals surface area contributed by atoms with Crippen molar-refractivity contribution in [3.05, 3.63) is 0 Å². The first kappa shape index (κ1) is 15.7. The van der Waals surface area contributed by atoms with E-state index in [1.54, 1.807) is 0 Å². The summed E-state index contributed by atoms with van der Waals surface area (Å²) in [5.41, 5.74) is 0. The summed E-state index contributed by atoms with van der Waals surface area (Å²) in [6, 6.07) is 0.371. The van der Waals surface area contributed by atoms with Crippen molar-refractivity contribution in [2.75, 3.05) is 26.2 Å². The number of carbonyl (C=O) groups is 1. The van der Waals surface area contributed by atoms with Crippen molar-refractivity contribution in [2.24, 2.45) is 11.8 Å². The molecule has 0 bridgehead atoms. The van der Waals surface area contributed by atoms with Gasteiger partial charge in [0.05, 0.1) is 24.7 Å². The zero-order valence-electron chi connectivity index (χ0n) is 12.8. The Morgan fingerprint density at radius 3 is 2.60 bits per heavy atom. The molecule has 1 amide bonds. The number of ether oxygens (including phenoxy) is 1. The number of nitrogens with zero attached hydrogens (tertiary/aromatic N) is 1. The van der Waals surface area contributed by atoms with Crippen LogP contribution in [0, 0.1) is 11.8 Å². The van der Waals surface area contributed by atoms with E-state index in [1.165, 1.54) is 6.42 Å². The Balaban J connectivity index is 2.01. The first-order valence-corrected chi connectivity index (χ1v) is 7.83. The molecule has 2 heterocycles. The summed E-state index contributed by atoms with van der Waals surface area (Å²) < 4.78 is 5.78. The van der Waals surface area contributed by atoms with E-state index >= 15 is 0 Å². The molecular weight excluding hydrogens is 256 g/mol. The van der Waals surface area contributed by atoms with Crippen LogP contribution in [0.3, 0.4) is 0 Å². The molecular formula is C15H28N2O3. The predicted octanol–water partition coefficient (Wildman–Crippen LogP) is 0.619. The van der Waals surface area contributed by atoms with Gasteiger partial charge in [-0.3, -0.25) is 4.79 Å². The number of hydrogen-bond acceptors (Lipinski definition) is 4. The van der Waals surface area contributed by atoms with Crippen molar-refractivity contribution in [3.63, 3.8) is 0 Å². The lowest BCUT2D eigenvalue weighted by Crippen LogP contribution is -2.47. The molecule has 5 heteroatoms. The van der Waals surface area contributed by atoms with Gasteiger partial charge in [-0.15, -0.1) is 0 Å². The van der Waals surface area contributed by atoms with Gasteiger partial charge in [0.2, 0.25) is 5.91 Å². The van der Waals surface area contributed by atoms with Gasteiger partial charge < -0.3 is 20.1 Å². The standard InChI is InChI=1S/C15H28N2O3/c1-10-11(2)20-12(3)14(10)15(19)17(7-8-18)9-13-5-4-6-16-13/h10-14,16,18H,4-9H2,1-3H3. The van der Waals surface area contributed by atoms with E-state index in [9.17, 15) is 9.90 Å². The van der Waals surface area contributed by atoms with Crippen molar-refractivity contribution in [2.45, 2.75) is 51.9 Å². The maximum Gasteiger partial charge on any atom is 0.228 e. The molecule has 5 atom stereocenters. The Morgan fingerprint density at radius 2 is 2.10 bits per heavy atom. The molecule has 2 saturated heterocycles. The van der Waals surface area contributed by atoms with Crippen LogP contribution < -0.4 is 5.32 Å². The van der Waals surface area contributed by atoms with Gasteiger partial charge in [0.1, 0.15) is 0 Å². The lowest BCUT2D eigenvalue weighted by atomic mass is 9.88. The summed E-state index contributed by atoms with van der Waals surface area (Å²) in [6.45, 7) is 8.26. The van der Waals surface area contributed by atoms with Crippen LogP contribution in [0.25, 0.3) is 0 Å². The molecule has 0 spiro atoms. The smallest absolute Gasteiger partial charge is 0.228 e. The Kier molecular flexibility index (Phi) is 5.41. The summed E-state index contributed by atoms with van der Waals surface area (Å²) in [5, 5.41) is 12.7. The lowest BCUT2D eigenvalue weighted by molar-refractivity contribution is -0.138. The molecule has 0 saturated carbocycles. The highest BCUT2D eigenvalue weighted by Gasteiger charge is 2.43. The highest BCUT2D eigenvalue weighted by molar-refractivity contribution is 5.80. The molecule has 0 aromatic heterocycles. The minimum atomic E-state index is -0.0852. The van der Waals surface area contributed by atoms with Crippen LogP contribution in [0.15, 0.2) is 0 Å². The fourth-order valence-electron chi connectivity index (χ4n) is 3.49. The topological polar surface area (TPSA) is 61.8 Å². The highest BCUT2D eigenvalue weighted by Crippen LogP contribution is 2.33. The molecule has 0 aliphatic carbocycles. The van der Waals surface area contributed by atoms with Crippen LogP contribution in [-0.2, 0) is 9.53 Å². The first-order chi connectivity index (χ1) is 9.54. The molecule has 2 aliphatic rings. The average molecular weight is 284 g/mol. The third kappa shape index (κ3) is 3.32. The summed E-state index contributed by atoms with van der Waals surface area (Å²) in [4.78, 5) is 14.6. The Bertz CT molecular complexity index is 331. The lowest BCUT2D eigenvalue weighted by Gasteiger charge is -2.30. The number of aliphatic hydroxyl groups excluding tert-OH is 1. The Morgan fingerprint density at radius 1 is 1.35 bits per heavy atom. The van der Waals surface area contributed by atoms with E-state index in [-0.39, 0.29) is 36.6 Å². The van der Waals surface area contributed by atoms with E-state index in [4.69, 9.17) is 4.74 Å². The molecule has 0 radical (unpaired) electrons. The Hall–Kier alpha value is -0.650. The number of hydrogen-bond donors (Lipinski definition) is 2. The second-order valence-electron chi connectivity index (χ2n) is 6.23. The number of aliphatic hydroxyl groups is 1. The van der Waals surface area contributed by atoms with Crippen LogP contribution in [-0.4, -0.2) is 60.4 Å². The summed E-state index contributed by atoms with van der Waals surface area (Å²) in [7, 11) is 0. The van der Waals surface area contributed by atoms with Gasteiger partial charge in [-0.2, -0.15) is 0 Å². The third-order valence-corrected chi connectivity index (χ3v) is 4.81. The van der Waals surface area contributed by atoms with Crippen LogP contribution in [0.5, 0.6) is 0 Å². The van der Waals surface area contributed by atoms with E-state index in [0.29, 0.717) is 19.1 Å². The molecule has 2 fully saturated rings. The van der Waals surface area contributed by atoms with Crippen LogP contribution >= 0.6 is 0 Å². The van der Waals surface area contributed by atoms with E-state index in [2.05, 4.69) is 12.2 Å². The minimum absolute atomic E-state index is 0.0182. The number of nitrogens with one attached hydrogen (secondary N) is 1. The Labute approximate surface area is 121 Å². The van der Waals surface area contributed by atoms with Gasteiger partial charge in [0.15, 0.2) is 0 Å². The number of carbonyl (C=O) groups excluding carboxylic acids is 1. The van der Waals surface area contributed by atoms with Gasteiger partial charge in [-0.1, -0.05) is 6.92 Å². The monoisotopic (exact) mass is 284 g/mol. The molecule has 0 aromatic rings. The first-order valence-electron chi connectivity index (χ1n) is 7.83. The van der Waals surface area contributed by atoms with Gasteiger partial charge in [-0.05, 0) is 39.2 Å². The highest BCUT2D eigenvalue weighted by atomic mass is 16.5. The fraction of sp³-hybridized carbons (Fsp3) is 0.933. The van der Waals surface area contributed by atoms with Crippen molar-refractivity contribution in [1.82, 2.24) is 10.2 Å². The molecule has 5 nitrogen and oxygen atoms in total. The molecule has 2 rings (SSSR count). The molecule has 2 N–H and O–H groups in total. The van der Waals surface area contributed by atoms with Gasteiger partial charge in [0.25, 0.3) is 0 Å². The normalized spacial score (nSPS) is 37.3. The van der Waals surface area contributed by atoms with E-state index in [1.807, 2.05) is 18.7 Å². The zero-order valence-corrected chi connectivity index (χ0v) is 12.8. The van der Waals surface area contributed by atoms with Gasteiger partial charge in [-0.25, -0.2) is 0 Å². The average Bonchev–Trinajstić information content (AvgIpc) is 2.98. The van der Waals surface area contributed by atoms with Crippen molar-refractivity contribution < 1.29 is 14.6 Å². The molecule has 2 aliphatic heterocycles. The summed E-state index contributed by atoms with van der Waals surface area (Å²) in [5.74, 6) is 0.283. The predicted molar refractivity (Wildman–Crippen MR) is 77.4 cm³/mol. The van der Waals surface area contributed by atoms with E-state index in [0.717, 1.165) is 13.0 Å². The minimum Gasteiger partial charge on any atom is -0.395 e. The molecule has 5 unspecified atom stereocenters. The van der Waals surface area contributed by atoms with E-state index < -0.39 is 0 Å².